The van der Waals surface area contributed by atoms with Crippen LogP contribution < -0.4 is 5.73 Å². The molecule has 1 aromatic heterocycles. The quantitative estimate of drug-likeness (QED) is 0.832. The second-order valence-corrected chi connectivity index (χ2v) is 5.97. The molecule has 0 saturated heterocycles. The second-order valence-electron chi connectivity index (χ2n) is 5.97. The molecule has 1 heterocycles. The summed E-state index contributed by atoms with van der Waals surface area (Å²) in [4.78, 5) is 13.7. The zero-order valence-electron chi connectivity index (χ0n) is 13.0. The molecule has 0 bridgehead atoms. The van der Waals surface area contributed by atoms with Crippen LogP contribution in [-0.2, 0) is 13.6 Å². The average Bonchev–Trinajstić information content (AvgIpc) is 2.81. The zero-order valence-corrected chi connectivity index (χ0v) is 13.0. The first-order chi connectivity index (χ1) is 10.0. The molecule has 2 rings (SSSR count). The van der Waals surface area contributed by atoms with Crippen molar-refractivity contribution >= 4 is 5.97 Å². The van der Waals surface area contributed by atoms with E-state index in [1.165, 1.54) is 6.20 Å². The predicted octanol–water partition coefficient (Wildman–Crippen LogP) is 1.60. The number of nitrogens with two attached hydrogens (primary N) is 1. The SMILES string of the molecule is CCCN(Cc1c(C(=O)O)cnn1C)C1CCC(N)CC1. The van der Waals surface area contributed by atoms with Gasteiger partial charge in [-0.2, -0.15) is 5.10 Å². The van der Waals surface area contributed by atoms with Crippen LogP contribution in [-0.4, -0.2) is 44.4 Å². The van der Waals surface area contributed by atoms with Crippen LogP contribution in [0, 0.1) is 0 Å². The molecule has 21 heavy (non-hydrogen) atoms. The van der Waals surface area contributed by atoms with Crippen LogP contribution in [0.5, 0.6) is 0 Å². The molecule has 0 aromatic carbocycles. The molecule has 0 amide bonds. The summed E-state index contributed by atoms with van der Waals surface area (Å²) in [5.41, 5.74) is 7.08. The van der Waals surface area contributed by atoms with Gasteiger partial charge in [0.05, 0.1) is 11.9 Å². The van der Waals surface area contributed by atoms with Gasteiger partial charge in [-0.05, 0) is 38.6 Å². The third kappa shape index (κ3) is 3.83. The van der Waals surface area contributed by atoms with Gasteiger partial charge in [0.1, 0.15) is 5.56 Å². The summed E-state index contributed by atoms with van der Waals surface area (Å²) in [6, 6.07) is 0.831. The fraction of sp³-hybridized carbons (Fsp3) is 0.733. The Hall–Kier alpha value is -1.40. The highest BCUT2D eigenvalue weighted by molar-refractivity contribution is 5.88. The molecule has 0 atom stereocenters. The minimum atomic E-state index is -0.903. The Morgan fingerprint density at radius 2 is 2.14 bits per heavy atom. The van der Waals surface area contributed by atoms with Crippen molar-refractivity contribution < 1.29 is 9.90 Å². The lowest BCUT2D eigenvalue weighted by molar-refractivity contribution is 0.0692. The van der Waals surface area contributed by atoms with E-state index in [0.29, 0.717) is 24.2 Å². The first-order valence-electron chi connectivity index (χ1n) is 7.76. The first kappa shape index (κ1) is 16.0. The molecule has 6 heteroatoms. The summed E-state index contributed by atoms with van der Waals surface area (Å²) in [6.45, 7) is 3.78. The van der Waals surface area contributed by atoms with Crippen LogP contribution in [0.1, 0.15) is 55.1 Å². The molecule has 3 N–H and O–H groups in total. The van der Waals surface area contributed by atoms with Crippen LogP contribution in [0.15, 0.2) is 6.20 Å². The summed E-state index contributed by atoms with van der Waals surface area (Å²) in [5, 5.41) is 13.4. The van der Waals surface area contributed by atoms with Crippen molar-refractivity contribution in [2.75, 3.05) is 6.54 Å². The number of carbonyl (C=O) groups is 1. The third-order valence-corrected chi connectivity index (χ3v) is 4.41. The summed E-state index contributed by atoms with van der Waals surface area (Å²) < 4.78 is 1.68. The topological polar surface area (TPSA) is 84.4 Å². The minimum Gasteiger partial charge on any atom is -0.478 e. The zero-order chi connectivity index (χ0) is 15.4. The van der Waals surface area contributed by atoms with Crippen LogP contribution in [0.2, 0.25) is 0 Å². The Labute approximate surface area is 125 Å². The van der Waals surface area contributed by atoms with Gasteiger partial charge in [0.15, 0.2) is 0 Å². The van der Waals surface area contributed by atoms with Crippen molar-refractivity contribution in [2.45, 2.75) is 57.7 Å². The number of hydrogen-bond donors (Lipinski definition) is 2. The van der Waals surface area contributed by atoms with Gasteiger partial charge in [0.25, 0.3) is 0 Å². The predicted molar refractivity (Wildman–Crippen MR) is 81.1 cm³/mol. The lowest BCUT2D eigenvalue weighted by atomic mass is 9.90. The van der Waals surface area contributed by atoms with Crippen LogP contribution >= 0.6 is 0 Å². The maximum Gasteiger partial charge on any atom is 0.339 e. The fourth-order valence-corrected chi connectivity index (χ4v) is 3.17. The van der Waals surface area contributed by atoms with E-state index in [2.05, 4.69) is 16.9 Å². The second kappa shape index (κ2) is 7.04. The summed E-state index contributed by atoms with van der Waals surface area (Å²) in [6.07, 6.45) is 6.81. The molecule has 0 aliphatic heterocycles. The lowest BCUT2D eigenvalue weighted by Gasteiger charge is -2.36. The van der Waals surface area contributed by atoms with Crippen molar-refractivity contribution in [3.8, 4) is 0 Å². The van der Waals surface area contributed by atoms with E-state index in [-0.39, 0.29) is 0 Å². The Morgan fingerprint density at radius 1 is 1.48 bits per heavy atom. The fourth-order valence-electron chi connectivity index (χ4n) is 3.17. The number of aromatic carboxylic acids is 1. The van der Waals surface area contributed by atoms with Gasteiger partial charge in [-0.3, -0.25) is 9.58 Å². The van der Waals surface area contributed by atoms with Crippen molar-refractivity contribution in [3.63, 3.8) is 0 Å². The van der Waals surface area contributed by atoms with Crippen molar-refractivity contribution in [1.82, 2.24) is 14.7 Å². The van der Waals surface area contributed by atoms with Gasteiger partial charge < -0.3 is 10.8 Å². The molecule has 1 aromatic rings. The summed E-state index contributed by atoms with van der Waals surface area (Å²) in [7, 11) is 1.81. The van der Waals surface area contributed by atoms with E-state index < -0.39 is 5.97 Å². The van der Waals surface area contributed by atoms with Gasteiger partial charge in [-0.1, -0.05) is 6.92 Å². The molecule has 1 saturated carbocycles. The van der Waals surface area contributed by atoms with E-state index in [4.69, 9.17) is 5.73 Å². The van der Waals surface area contributed by atoms with Crippen molar-refractivity contribution in [1.29, 1.82) is 0 Å². The number of carboxylic acids is 1. The van der Waals surface area contributed by atoms with Gasteiger partial charge in [-0.15, -0.1) is 0 Å². The molecule has 1 aliphatic carbocycles. The molecule has 118 valence electrons. The van der Waals surface area contributed by atoms with Gasteiger partial charge >= 0.3 is 5.97 Å². The number of carboxylic acid groups (broad SMARTS) is 1. The molecule has 0 radical (unpaired) electrons. The van der Waals surface area contributed by atoms with Crippen molar-refractivity contribution in [2.24, 2.45) is 12.8 Å². The Kier molecular flexibility index (Phi) is 5.36. The van der Waals surface area contributed by atoms with E-state index in [9.17, 15) is 9.90 Å². The van der Waals surface area contributed by atoms with E-state index in [1.54, 1.807) is 4.68 Å². The van der Waals surface area contributed by atoms with Crippen LogP contribution in [0.4, 0.5) is 0 Å². The van der Waals surface area contributed by atoms with Crippen LogP contribution in [0.25, 0.3) is 0 Å². The van der Waals surface area contributed by atoms with Gasteiger partial charge in [0.2, 0.25) is 0 Å². The molecule has 6 nitrogen and oxygen atoms in total. The summed E-state index contributed by atoms with van der Waals surface area (Å²) in [5.74, 6) is -0.903. The van der Waals surface area contributed by atoms with Gasteiger partial charge in [-0.25, -0.2) is 4.79 Å². The molecule has 0 spiro atoms. The highest BCUT2D eigenvalue weighted by atomic mass is 16.4. The Balaban J connectivity index is 2.12. The normalized spacial score (nSPS) is 22.7. The number of rotatable bonds is 6. The molecule has 0 unspecified atom stereocenters. The number of hydrogen-bond acceptors (Lipinski definition) is 4. The monoisotopic (exact) mass is 294 g/mol. The largest absolute Gasteiger partial charge is 0.478 e. The number of nitrogens with zero attached hydrogens (tertiary/aromatic N) is 3. The Bertz CT molecular complexity index is 478. The molecule has 1 fully saturated rings. The smallest absolute Gasteiger partial charge is 0.339 e. The number of aryl methyl sites for hydroxylation is 1. The average molecular weight is 294 g/mol. The lowest BCUT2D eigenvalue weighted by Crippen LogP contribution is -2.41. The maximum absolute atomic E-state index is 11.3. The minimum absolute atomic E-state index is 0.311. The highest BCUT2D eigenvalue weighted by Crippen LogP contribution is 2.24. The van der Waals surface area contributed by atoms with Gasteiger partial charge in [0, 0.05) is 25.7 Å². The standard InChI is InChI=1S/C15H26N4O2/c1-3-8-19(12-6-4-11(16)5-7-12)10-14-13(15(20)21)9-17-18(14)2/h9,11-12H,3-8,10,16H2,1-2H3,(H,20,21). The first-order valence-corrected chi connectivity index (χ1v) is 7.76. The molecule has 1 aliphatic rings. The third-order valence-electron chi connectivity index (χ3n) is 4.41. The van der Waals surface area contributed by atoms with E-state index in [1.807, 2.05) is 7.05 Å². The Morgan fingerprint density at radius 3 is 2.71 bits per heavy atom. The number of aromatic nitrogens is 2. The van der Waals surface area contributed by atoms with E-state index >= 15 is 0 Å². The highest BCUT2D eigenvalue weighted by Gasteiger charge is 2.26. The summed E-state index contributed by atoms with van der Waals surface area (Å²) >= 11 is 0. The van der Waals surface area contributed by atoms with Crippen molar-refractivity contribution in [3.05, 3.63) is 17.5 Å². The molecular weight excluding hydrogens is 268 g/mol. The molecular formula is C15H26N4O2. The van der Waals surface area contributed by atoms with Crippen LogP contribution in [0.3, 0.4) is 0 Å². The van der Waals surface area contributed by atoms with E-state index in [0.717, 1.165) is 44.3 Å². The maximum atomic E-state index is 11.3.